The summed E-state index contributed by atoms with van der Waals surface area (Å²) in [6.07, 6.45) is 27.3. The summed E-state index contributed by atoms with van der Waals surface area (Å²) in [6.45, 7) is 6.35. The standard InChI is InChI=1S/C37H72O5/c1-4-7-10-11-12-13-14-15-16-17-18-19-20-21-22-23-24-25-26-29-32-37(42,35(40)33(38)30-27-8-5-2)36(41)34(39)31-28-9-6-3/h35-36,40-42H,4-32H2,1-3H3. The molecule has 250 valence electrons. The van der Waals surface area contributed by atoms with Gasteiger partial charge in [0.2, 0.25) is 0 Å². The van der Waals surface area contributed by atoms with Crippen molar-refractivity contribution in [3.8, 4) is 0 Å². The van der Waals surface area contributed by atoms with Crippen molar-refractivity contribution in [2.24, 2.45) is 0 Å². The van der Waals surface area contributed by atoms with E-state index in [2.05, 4.69) is 6.92 Å². The highest BCUT2D eigenvalue weighted by atomic mass is 16.4. The van der Waals surface area contributed by atoms with Crippen molar-refractivity contribution in [2.75, 3.05) is 0 Å². The molecule has 5 nitrogen and oxygen atoms in total. The van der Waals surface area contributed by atoms with Crippen molar-refractivity contribution in [1.82, 2.24) is 0 Å². The van der Waals surface area contributed by atoms with Gasteiger partial charge in [0.25, 0.3) is 0 Å². The van der Waals surface area contributed by atoms with Gasteiger partial charge in [0.1, 0.15) is 17.8 Å². The minimum Gasteiger partial charge on any atom is -0.383 e. The van der Waals surface area contributed by atoms with Crippen LogP contribution in [0.25, 0.3) is 0 Å². The summed E-state index contributed by atoms with van der Waals surface area (Å²) in [5.74, 6) is -0.945. The number of ketones is 2. The lowest BCUT2D eigenvalue weighted by Gasteiger charge is -2.36. The average molecular weight is 597 g/mol. The normalized spacial score (nSPS) is 14.5. The van der Waals surface area contributed by atoms with E-state index >= 15 is 0 Å². The summed E-state index contributed by atoms with van der Waals surface area (Å²) < 4.78 is 0. The van der Waals surface area contributed by atoms with Crippen molar-refractivity contribution in [2.45, 2.75) is 225 Å². The lowest BCUT2D eigenvalue weighted by molar-refractivity contribution is -0.174. The van der Waals surface area contributed by atoms with E-state index in [0.717, 1.165) is 44.9 Å². The lowest BCUT2D eigenvalue weighted by atomic mass is 9.79. The van der Waals surface area contributed by atoms with E-state index in [4.69, 9.17) is 0 Å². The fraction of sp³-hybridized carbons (Fsp3) is 0.946. The molecule has 0 aromatic heterocycles. The number of Topliss-reactive ketones (excluding diaryl/α,β-unsaturated/α-hetero) is 2. The molecule has 0 aliphatic carbocycles. The second kappa shape index (κ2) is 29.0. The van der Waals surface area contributed by atoms with Gasteiger partial charge < -0.3 is 15.3 Å². The maximum atomic E-state index is 12.6. The van der Waals surface area contributed by atoms with Gasteiger partial charge in [-0.3, -0.25) is 9.59 Å². The van der Waals surface area contributed by atoms with Crippen LogP contribution in [0.1, 0.15) is 207 Å². The van der Waals surface area contributed by atoms with E-state index in [9.17, 15) is 24.9 Å². The van der Waals surface area contributed by atoms with Crippen LogP contribution < -0.4 is 0 Å². The number of aliphatic hydroxyl groups is 3. The second-order valence-corrected chi connectivity index (χ2v) is 13.1. The zero-order valence-corrected chi connectivity index (χ0v) is 28.3. The van der Waals surface area contributed by atoms with Gasteiger partial charge in [0, 0.05) is 12.8 Å². The first kappa shape index (κ1) is 41.2. The van der Waals surface area contributed by atoms with Crippen LogP contribution in [0, 0.1) is 0 Å². The van der Waals surface area contributed by atoms with Crippen LogP contribution in [0.4, 0.5) is 0 Å². The third-order valence-corrected chi connectivity index (χ3v) is 9.04. The van der Waals surface area contributed by atoms with Gasteiger partial charge in [-0.2, -0.15) is 0 Å². The molecule has 0 radical (unpaired) electrons. The highest BCUT2D eigenvalue weighted by Crippen LogP contribution is 2.28. The molecule has 0 aromatic carbocycles. The number of unbranched alkanes of at least 4 members (excludes halogenated alkanes) is 23. The number of aliphatic hydroxyl groups excluding tert-OH is 2. The number of carbonyl (C=O) groups is 2. The molecule has 0 saturated carbocycles. The van der Waals surface area contributed by atoms with Crippen LogP contribution in [0.2, 0.25) is 0 Å². The smallest absolute Gasteiger partial charge is 0.164 e. The van der Waals surface area contributed by atoms with Crippen LogP contribution in [-0.2, 0) is 9.59 Å². The number of rotatable bonds is 33. The molecule has 0 aliphatic heterocycles. The fourth-order valence-electron chi connectivity index (χ4n) is 6.02. The first-order valence-electron chi connectivity index (χ1n) is 18.5. The van der Waals surface area contributed by atoms with Gasteiger partial charge in [-0.15, -0.1) is 0 Å². The Morgan fingerprint density at radius 1 is 0.429 bits per heavy atom. The van der Waals surface area contributed by atoms with Crippen LogP contribution in [0.15, 0.2) is 0 Å². The molecule has 0 saturated heterocycles. The van der Waals surface area contributed by atoms with Gasteiger partial charge in [-0.25, -0.2) is 0 Å². The Morgan fingerprint density at radius 2 is 0.667 bits per heavy atom. The highest BCUT2D eigenvalue weighted by Gasteiger charge is 2.48. The Balaban J connectivity index is 4.11. The van der Waals surface area contributed by atoms with Gasteiger partial charge >= 0.3 is 0 Å². The van der Waals surface area contributed by atoms with E-state index in [1.807, 2.05) is 13.8 Å². The summed E-state index contributed by atoms with van der Waals surface area (Å²) in [5.41, 5.74) is -2.10. The maximum absolute atomic E-state index is 12.6. The summed E-state index contributed by atoms with van der Waals surface area (Å²) in [7, 11) is 0. The van der Waals surface area contributed by atoms with Crippen LogP contribution in [-0.4, -0.2) is 44.7 Å². The number of carbonyl (C=O) groups excluding carboxylic acids is 2. The molecule has 0 aliphatic rings. The Bertz CT molecular complexity index is 591. The largest absolute Gasteiger partial charge is 0.383 e. The van der Waals surface area contributed by atoms with Crippen molar-refractivity contribution >= 4 is 11.6 Å². The first-order chi connectivity index (χ1) is 20.3. The molecule has 2 unspecified atom stereocenters. The van der Waals surface area contributed by atoms with Gasteiger partial charge in [0.15, 0.2) is 11.6 Å². The van der Waals surface area contributed by atoms with Crippen LogP contribution in [0.3, 0.4) is 0 Å². The van der Waals surface area contributed by atoms with E-state index in [1.54, 1.807) is 0 Å². The molecular weight excluding hydrogens is 524 g/mol. The van der Waals surface area contributed by atoms with Crippen LogP contribution >= 0.6 is 0 Å². The van der Waals surface area contributed by atoms with Gasteiger partial charge in [0.05, 0.1) is 0 Å². The first-order valence-corrected chi connectivity index (χ1v) is 18.5. The van der Waals surface area contributed by atoms with E-state index in [-0.39, 0.29) is 19.3 Å². The molecule has 0 spiro atoms. The third kappa shape index (κ3) is 21.0. The van der Waals surface area contributed by atoms with Crippen molar-refractivity contribution in [3.05, 3.63) is 0 Å². The third-order valence-electron chi connectivity index (χ3n) is 9.04. The zero-order chi connectivity index (χ0) is 31.3. The Hall–Kier alpha value is -0.780. The quantitative estimate of drug-likeness (QED) is 0.0655. The lowest BCUT2D eigenvalue weighted by Crippen LogP contribution is -2.58. The topological polar surface area (TPSA) is 94.8 Å². The number of hydrogen-bond acceptors (Lipinski definition) is 5. The molecule has 3 N–H and O–H groups in total. The molecule has 0 fully saturated rings. The molecule has 0 bridgehead atoms. The van der Waals surface area contributed by atoms with Gasteiger partial charge in [-0.05, 0) is 19.3 Å². The molecule has 5 heteroatoms. The molecule has 0 rings (SSSR count). The molecule has 42 heavy (non-hydrogen) atoms. The zero-order valence-electron chi connectivity index (χ0n) is 28.3. The summed E-state index contributed by atoms with van der Waals surface area (Å²) in [4.78, 5) is 25.3. The molecule has 0 heterocycles. The Kier molecular flexibility index (Phi) is 28.4. The van der Waals surface area contributed by atoms with Gasteiger partial charge in [-0.1, -0.05) is 175 Å². The Morgan fingerprint density at radius 3 is 0.952 bits per heavy atom. The average Bonchev–Trinajstić information content (AvgIpc) is 2.99. The summed E-state index contributed by atoms with van der Waals surface area (Å²) in [5, 5.41) is 32.9. The monoisotopic (exact) mass is 597 g/mol. The SMILES string of the molecule is CCCCCCCCCCCCCCCCCCCCCCC(O)(C(O)C(=O)CCCCC)C(O)C(=O)CCCCC. The van der Waals surface area contributed by atoms with Crippen molar-refractivity contribution in [3.63, 3.8) is 0 Å². The predicted molar refractivity (Wildman–Crippen MR) is 178 cm³/mol. The Labute approximate surface area is 261 Å². The van der Waals surface area contributed by atoms with E-state index < -0.39 is 29.4 Å². The maximum Gasteiger partial charge on any atom is 0.164 e. The molecule has 0 amide bonds. The summed E-state index contributed by atoms with van der Waals surface area (Å²) >= 11 is 0. The van der Waals surface area contributed by atoms with Crippen molar-refractivity contribution < 1.29 is 24.9 Å². The van der Waals surface area contributed by atoms with Crippen LogP contribution in [0.5, 0.6) is 0 Å². The van der Waals surface area contributed by atoms with E-state index in [1.165, 1.54) is 103 Å². The molecule has 2 atom stereocenters. The van der Waals surface area contributed by atoms with E-state index in [0.29, 0.717) is 19.3 Å². The molecular formula is C37H72O5. The van der Waals surface area contributed by atoms with Crippen molar-refractivity contribution in [1.29, 1.82) is 0 Å². The minimum atomic E-state index is -2.10. The fourth-order valence-corrected chi connectivity index (χ4v) is 6.02. The highest BCUT2D eigenvalue weighted by molar-refractivity contribution is 5.88. The predicted octanol–water partition coefficient (Wildman–Crippen LogP) is 9.95. The summed E-state index contributed by atoms with van der Waals surface area (Å²) in [6, 6.07) is 0. The molecule has 0 aromatic rings. The number of hydrogen-bond donors (Lipinski definition) is 3. The second-order valence-electron chi connectivity index (χ2n) is 13.1. The minimum absolute atomic E-state index is 0.0628.